The number of nitrogens with zero attached hydrogens (tertiary/aromatic N) is 1. The van der Waals surface area contributed by atoms with Crippen molar-refractivity contribution in [3.8, 4) is 0 Å². The number of aliphatic hydroxyl groups is 2. The third-order valence-electron chi connectivity index (χ3n) is 12.7. The van der Waals surface area contributed by atoms with E-state index in [2.05, 4.69) is 40.9 Å². The molecule has 0 radical (unpaired) electrons. The van der Waals surface area contributed by atoms with Crippen LogP contribution in [0.4, 0.5) is 4.79 Å². The van der Waals surface area contributed by atoms with Crippen LogP contribution in [-0.2, 0) is 4.74 Å². The van der Waals surface area contributed by atoms with Crippen molar-refractivity contribution in [3.05, 3.63) is 13.2 Å². The summed E-state index contributed by atoms with van der Waals surface area (Å²) in [7, 11) is 3.42. The van der Waals surface area contributed by atoms with Crippen LogP contribution >= 0.6 is 0 Å². The number of rotatable bonds is 5. The largest absolute Gasteiger partial charge is 0.449 e. The number of carbonyl (C=O) groups excluding carboxylic acids is 1. The average molecular weight is 534 g/mol. The summed E-state index contributed by atoms with van der Waals surface area (Å²) in [5.74, 6) is 3.14. The van der Waals surface area contributed by atoms with Gasteiger partial charge in [-0.25, -0.2) is 4.79 Å². The predicted molar refractivity (Wildman–Crippen MR) is 156 cm³/mol. The summed E-state index contributed by atoms with van der Waals surface area (Å²) in [4.78, 5) is 13.1. The molecule has 2 spiro atoms. The van der Waals surface area contributed by atoms with Gasteiger partial charge < -0.3 is 19.8 Å². The number of fused-ring (bicyclic) bond motifs is 2. The first-order chi connectivity index (χ1) is 17.9. The van der Waals surface area contributed by atoms with E-state index in [1.807, 2.05) is 13.8 Å². The van der Waals surface area contributed by atoms with Gasteiger partial charge in [0.05, 0.1) is 18.8 Å². The van der Waals surface area contributed by atoms with Crippen LogP contribution in [0.5, 0.6) is 0 Å². The molecule has 5 heteroatoms. The zero-order valence-electron chi connectivity index (χ0n) is 25.9. The Balaban J connectivity index is 0.000000956. The van der Waals surface area contributed by atoms with Gasteiger partial charge in [0.15, 0.2) is 0 Å². The summed E-state index contributed by atoms with van der Waals surface area (Å²) in [5, 5.41) is 22.1. The molecule has 5 nitrogen and oxygen atoms in total. The van der Waals surface area contributed by atoms with Crippen LogP contribution in [0.25, 0.3) is 0 Å². The van der Waals surface area contributed by atoms with Crippen molar-refractivity contribution in [1.82, 2.24) is 4.90 Å². The molecule has 0 bridgehead atoms. The van der Waals surface area contributed by atoms with Gasteiger partial charge in [-0.15, -0.1) is 13.2 Å². The van der Waals surface area contributed by atoms with Crippen molar-refractivity contribution in [3.63, 3.8) is 0 Å². The minimum Gasteiger partial charge on any atom is -0.449 e. The maximum absolute atomic E-state index is 11.7. The standard InChI is InChI=1S/C29H49NO4.C2H6.C2H4/c1-18-28-15-14-27(4)20(9-7-8-16-34-25(33)30(5)6)22(31)17-21(27)19(28)10-11-23-26(2,3)24(32)12-13-29(18,23)28;2*1-2/h18-24,31-32H,7-17H2,1-6H3;1-2H3;1-2H2/t18-,19-,20?,21?,22+,23?,24-,27+,28-,29?;;/m0../s1. The highest BCUT2D eigenvalue weighted by Crippen LogP contribution is 2.89. The van der Waals surface area contributed by atoms with Crippen LogP contribution in [0.1, 0.15) is 106 Å². The maximum Gasteiger partial charge on any atom is 0.409 e. The Kier molecular flexibility index (Phi) is 9.46. The van der Waals surface area contributed by atoms with Crippen molar-refractivity contribution in [2.24, 2.45) is 51.2 Å². The van der Waals surface area contributed by atoms with Gasteiger partial charge in [0, 0.05) is 14.1 Å². The fourth-order valence-corrected chi connectivity index (χ4v) is 11.0. The van der Waals surface area contributed by atoms with Crippen molar-refractivity contribution in [2.45, 2.75) is 118 Å². The Morgan fingerprint density at radius 2 is 1.61 bits per heavy atom. The van der Waals surface area contributed by atoms with E-state index >= 15 is 0 Å². The Hall–Kier alpha value is -1.07. The summed E-state index contributed by atoms with van der Waals surface area (Å²) < 4.78 is 5.31. The molecule has 0 aromatic heterocycles. The first-order valence-corrected chi connectivity index (χ1v) is 15.6. The third-order valence-corrected chi connectivity index (χ3v) is 12.7. The fourth-order valence-electron chi connectivity index (χ4n) is 11.0. The lowest BCUT2D eigenvalue weighted by atomic mass is 9.46. The van der Waals surface area contributed by atoms with Crippen LogP contribution in [0.2, 0.25) is 0 Å². The highest BCUT2D eigenvalue weighted by molar-refractivity contribution is 5.66. The smallest absolute Gasteiger partial charge is 0.409 e. The fraction of sp³-hybridized carbons (Fsp3) is 0.909. The van der Waals surface area contributed by atoms with Crippen molar-refractivity contribution >= 4 is 6.09 Å². The molecule has 5 fully saturated rings. The van der Waals surface area contributed by atoms with E-state index in [1.54, 1.807) is 14.1 Å². The highest BCUT2D eigenvalue weighted by atomic mass is 16.6. The van der Waals surface area contributed by atoms with Gasteiger partial charge in [0.1, 0.15) is 0 Å². The minimum absolute atomic E-state index is 0.0233. The normalized spacial score (nSPS) is 45.4. The SMILES string of the molecule is C=C.CC.C[C@@H]1C23CC[C@H](O)C(C)(C)C2CC[C@H]2C4C[C@@H](O)C(CCCCOC(=O)N(C)C)[C@@]4(C)CC[C@]123. The zero-order valence-corrected chi connectivity index (χ0v) is 25.9. The van der Waals surface area contributed by atoms with E-state index in [4.69, 9.17) is 4.74 Å². The second-order valence-corrected chi connectivity index (χ2v) is 13.9. The van der Waals surface area contributed by atoms with Gasteiger partial charge in [-0.3, -0.25) is 0 Å². The summed E-state index contributed by atoms with van der Waals surface area (Å²) >= 11 is 0. The lowest BCUT2D eigenvalue weighted by molar-refractivity contribution is -0.132. The van der Waals surface area contributed by atoms with Crippen LogP contribution in [0.15, 0.2) is 13.2 Å². The first kappa shape index (κ1) is 31.5. The van der Waals surface area contributed by atoms with E-state index in [0.29, 0.717) is 35.2 Å². The summed E-state index contributed by atoms with van der Waals surface area (Å²) in [6.45, 7) is 20.2. The highest BCUT2D eigenvalue weighted by Gasteiger charge is 2.84. The molecule has 1 amide bonds. The predicted octanol–water partition coefficient (Wildman–Crippen LogP) is 7.31. The van der Waals surface area contributed by atoms with Gasteiger partial charge >= 0.3 is 6.09 Å². The molecule has 0 aliphatic heterocycles. The van der Waals surface area contributed by atoms with E-state index in [9.17, 15) is 15.0 Å². The topological polar surface area (TPSA) is 70.0 Å². The second-order valence-electron chi connectivity index (χ2n) is 13.9. The van der Waals surface area contributed by atoms with E-state index in [1.165, 1.54) is 37.0 Å². The number of aliphatic hydroxyl groups excluding tert-OH is 2. The number of unbranched alkanes of at least 4 members (excludes halogenated alkanes) is 1. The molecule has 5 aliphatic rings. The molecule has 0 aromatic rings. The van der Waals surface area contributed by atoms with Gasteiger partial charge in [-0.05, 0) is 115 Å². The molecular weight excluding hydrogens is 474 g/mol. The zero-order chi connectivity index (χ0) is 28.7. The van der Waals surface area contributed by atoms with Gasteiger partial charge in [0.25, 0.3) is 0 Å². The number of hydrogen-bond donors (Lipinski definition) is 2. The van der Waals surface area contributed by atoms with Gasteiger partial charge in [0.2, 0.25) is 0 Å². The van der Waals surface area contributed by atoms with Crippen LogP contribution in [-0.4, -0.2) is 54.1 Å². The van der Waals surface area contributed by atoms with Crippen LogP contribution in [0.3, 0.4) is 0 Å². The van der Waals surface area contributed by atoms with Crippen molar-refractivity contribution in [2.75, 3.05) is 20.7 Å². The Morgan fingerprint density at radius 1 is 0.947 bits per heavy atom. The summed E-state index contributed by atoms with van der Waals surface area (Å²) in [6, 6.07) is 0. The Bertz CT molecular complexity index is 828. The summed E-state index contributed by atoms with van der Waals surface area (Å²) in [6.07, 6.45) is 10.5. The Labute approximate surface area is 233 Å². The van der Waals surface area contributed by atoms with Crippen molar-refractivity contribution < 1.29 is 19.7 Å². The minimum atomic E-state index is -0.271. The van der Waals surface area contributed by atoms with E-state index in [-0.39, 0.29) is 29.1 Å². The molecule has 0 heterocycles. The number of hydrogen-bond acceptors (Lipinski definition) is 4. The molecule has 0 aromatic carbocycles. The molecule has 5 aliphatic carbocycles. The van der Waals surface area contributed by atoms with Gasteiger partial charge in [-0.1, -0.05) is 41.5 Å². The quantitative estimate of drug-likeness (QED) is 0.287. The van der Waals surface area contributed by atoms with Gasteiger partial charge in [-0.2, -0.15) is 0 Å². The number of ether oxygens (including phenoxy) is 1. The number of amides is 1. The average Bonchev–Trinajstić information content (AvgIpc) is 3.32. The first-order valence-electron chi connectivity index (χ1n) is 15.6. The molecule has 38 heavy (non-hydrogen) atoms. The Morgan fingerprint density at radius 3 is 2.24 bits per heavy atom. The third kappa shape index (κ3) is 4.37. The molecule has 2 N–H and O–H groups in total. The van der Waals surface area contributed by atoms with Crippen molar-refractivity contribution in [1.29, 1.82) is 0 Å². The monoisotopic (exact) mass is 533 g/mol. The lowest BCUT2D eigenvalue weighted by Crippen LogP contribution is -2.54. The van der Waals surface area contributed by atoms with E-state index in [0.717, 1.165) is 43.9 Å². The summed E-state index contributed by atoms with van der Waals surface area (Å²) in [5.41, 5.74) is 1.14. The molecule has 5 rings (SSSR count). The second kappa shape index (κ2) is 11.4. The number of carbonyl (C=O) groups is 1. The van der Waals surface area contributed by atoms with E-state index < -0.39 is 0 Å². The molecule has 0 saturated heterocycles. The molecule has 10 atom stereocenters. The lowest BCUT2D eigenvalue weighted by Gasteiger charge is -2.59. The maximum atomic E-state index is 11.7. The molecule has 4 unspecified atom stereocenters. The molecule has 5 saturated carbocycles. The molecular formula is C33H59NO4. The van der Waals surface area contributed by atoms with Crippen LogP contribution in [0, 0.1) is 51.2 Å². The molecule has 220 valence electrons. The van der Waals surface area contributed by atoms with Crippen LogP contribution < -0.4 is 0 Å².